The number of nitrogens with zero attached hydrogens (tertiary/aromatic N) is 1. The number of rotatable bonds is 9. The van der Waals surface area contributed by atoms with Gasteiger partial charge in [-0.1, -0.05) is 30.3 Å². The molecule has 42 heavy (non-hydrogen) atoms. The Bertz CT molecular complexity index is 1690. The number of amides is 4. The standard InChI is InChI=1S/C31H23N3O6S2/c35-27-18-26(30(38)34(27)22-13-11-20(12-14-22)31(39)40)42-24-9-4-8-21(16-24)32-29(37)25(17-23-10-5-15-41-23)33-28(36)19-6-2-1-3-7-19/h1-17,26H,18H2,(H,32,37)(H,33,36)(H,39,40)/b25-17+/t26-/m0/s1. The van der Waals surface area contributed by atoms with Gasteiger partial charge in [0.05, 0.1) is 16.5 Å². The first-order chi connectivity index (χ1) is 20.3. The number of benzene rings is 3. The molecular formula is C31H23N3O6S2. The summed E-state index contributed by atoms with van der Waals surface area (Å²) in [5.41, 5.74) is 1.26. The number of carboxylic acid groups (broad SMARTS) is 1. The maximum absolute atomic E-state index is 13.3. The number of nitrogens with one attached hydrogen (secondary N) is 2. The van der Waals surface area contributed by atoms with E-state index in [0.29, 0.717) is 21.8 Å². The van der Waals surface area contributed by atoms with Gasteiger partial charge in [0, 0.05) is 27.4 Å². The summed E-state index contributed by atoms with van der Waals surface area (Å²) in [6.07, 6.45) is 1.57. The molecule has 0 unspecified atom stereocenters. The van der Waals surface area contributed by atoms with Crippen LogP contribution in [0.2, 0.25) is 0 Å². The molecule has 3 aromatic carbocycles. The number of aromatic carboxylic acids is 1. The molecule has 1 atom stereocenters. The summed E-state index contributed by atoms with van der Waals surface area (Å²) in [6, 6.07) is 24.6. The minimum atomic E-state index is -1.10. The molecule has 0 aliphatic carbocycles. The number of hydrogen-bond acceptors (Lipinski definition) is 7. The first kappa shape index (κ1) is 28.5. The Kier molecular flexibility index (Phi) is 8.60. The van der Waals surface area contributed by atoms with Crippen molar-refractivity contribution in [2.75, 3.05) is 10.2 Å². The van der Waals surface area contributed by atoms with Gasteiger partial charge < -0.3 is 15.7 Å². The largest absolute Gasteiger partial charge is 0.478 e. The van der Waals surface area contributed by atoms with Crippen LogP contribution in [0.25, 0.3) is 6.08 Å². The molecule has 0 radical (unpaired) electrons. The molecule has 1 fully saturated rings. The van der Waals surface area contributed by atoms with Crippen LogP contribution in [-0.4, -0.2) is 40.0 Å². The van der Waals surface area contributed by atoms with Crippen LogP contribution >= 0.6 is 23.1 Å². The van der Waals surface area contributed by atoms with Gasteiger partial charge in [-0.25, -0.2) is 9.69 Å². The van der Waals surface area contributed by atoms with Crippen LogP contribution in [0.3, 0.4) is 0 Å². The molecule has 4 aromatic rings. The molecule has 1 aliphatic heterocycles. The number of imide groups is 1. The summed E-state index contributed by atoms with van der Waals surface area (Å²) < 4.78 is 0. The number of anilines is 2. The Morgan fingerprint density at radius 2 is 1.67 bits per heavy atom. The Balaban J connectivity index is 1.29. The summed E-state index contributed by atoms with van der Waals surface area (Å²) in [4.78, 5) is 65.5. The number of carbonyl (C=O) groups is 5. The van der Waals surface area contributed by atoms with Crippen LogP contribution in [0.4, 0.5) is 11.4 Å². The topological polar surface area (TPSA) is 133 Å². The highest BCUT2D eigenvalue weighted by Crippen LogP contribution is 2.35. The number of carboxylic acids is 1. The van der Waals surface area contributed by atoms with Gasteiger partial charge in [-0.2, -0.15) is 0 Å². The van der Waals surface area contributed by atoms with Gasteiger partial charge in [0.25, 0.3) is 11.8 Å². The summed E-state index contributed by atoms with van der Waals surface area (Å²) in [5.74, 6) is -2.86. The Labute approximate surface area is 248 Å². The molecule has 9 nitrogen and oxygen atoms in total. The summed E-state index contributed by atoms with van der Waals surface area (Å²) >= 11 is 2.61. The Morgan fingerprint density at radius 3 is 2.36 bits per heavy atom. The van der Waals surface area contributed by atoms with E-state index in [1.165, 1.54) is 47.4 Å². The highest BCUT2D eigenvalue weighted by molar-refractivity contribution is 8.00. The minimum Gasteiger partial charge on any atom is -0.478 e. The zero-order valence-corrected chi connectivity index (χ0v) is 23.5. The van der Waals surface area contributed by atoms with E-state index >= 15 is 0 Å². The first-order valence-corrected chi connectivity index (χ1v) is 14.4. The quantitative estimate of drug-likeness (QED) is 0.177. The Hall–Kier alpha value is -5.00. The zero-order chi connectivity index (χ0) is 29.6. The lowest BCUT2D eigenvalue weighted by Crippen LogP contribution is -2.31. The van der Waals surface area contributed by atoms with E-state index in [1.807, 2.05) is 17.5 Å². The second kappa shape index (κ2) is 12.7. The fourth-order valence-corrected chi connectivity index (χ4v) is 5.96. The van der Waals surface area contributed by atoms with Crippen LogP contribution in [0.1, 0.15) is 32.0 Å². The van der Waals surface area contributed by atoms with Crippen molar-refractivity contribution >= 4 is 70.1 Å². The van der Waals surface area contributed by atoms with Crippen LogP contribution in [0, 0.1) is 0 Å². The van der Waals surface area contributed by atoms with Crippen molar-refractivity contribution in [3.63, 3.8) is 0 Å². The second-order valence-electron chi connectivity index (χ2n) is 9.11. The predicted molar refractivity (Wildman–Crippen MR) is 161 cm³/mol. The van der Waals surface area contributed by atoms with Gasteiger partial charge in [-0.15, -0.1) is 23.1 Å². The third-order valence-electron chi connectivity index (χ3n) is 6.21. The molecule has 4 amide bonds. The van der Waals surface area contributed by atoms with Gasteiger partial charge in [-0.05, 0) is 72.1 Å². The van der Waals surface area contributed by atoms with E-state index < -0.39 is 28.9 Å². The second-order valence-corrected chi connectivity index (χ2v) is 11.4. The third kappa shape index (κ3) is 6.65. The maximum Gasteiger partial charge on any atom is 0.335 e. The van der Waals surface area contributed by atoms with Crippen molar-refractivity contribution in [3.05, 3.63) is 118 Å². The first-order valence-electron chi connectivity index (χ1n) is 12.7. The smallest absolute Gasteiger partial charge is 0.335 e. The van der Waals surface area contributed by atoms with Crippen LogP contribution in [0.5, 0.6) is 0 Å². The van der Waals surface area contributed by atoms with E-state index in [0.717, 1.165) is 9.78 Å². The van der Waals surface area contributed by atoms with Gasteiger partial charge in [0.2, 0.25) is 11.8 Å². The van der Waals surface area contributed by atoms with Gasteiger partial charge in [0.15, 0.2) is 0 Å². The van der Waals surface area contributed by atoms with Gasteiger partial charge in [0.1, 0.15) is 5.70 Å². The molecule has 5 rings (SSSR count). The van der Waals surface area contributed by atoms with E-state index in [-0.39, 0.29) is 23.6 Å². The molecule has 0 saturated carbocycles. The molecule has 0 bridgehead atoms. The molecule has 1 saturated heterocycles. The normalized spacial score (nSPS) is 15.0. The lowest BCUT2D eigenvalue weighted by atomic mass is 10.2. The van der Waals surface area contributed by atoms with E-state index in [1.54, 1.807) is 60.7 Å². The van der Waals surface area contributed by atoms with Gasteiger partial charge in [-0.3, -0.25) is 19.2 Å². The molecule has 210 valence electrons. The van der Waals surface area contributed by atoms with Crippen molar-refractivity contribution < 1.29 is 29.1 Å². The number of thioether (sulfide) groups is 1. The average molecular weight is 598 g/mol. The number of carbonyl (C=O) groups excluding carboxylic acids is 4. The molecule has 3 N–H and O–H groups in total. The average Bonchev–Trinajstić information content (AvgIpc) is 3.60. The van der Waals surface area contributed by atoms with Crippen molar-refractivity contribution in [2.24, 2.45) is 0 Å². The highest BCUT2D eigenvalue weighted by Gasteiger charge is 2.40. The third-order valence-corrected chi connectivity index (χ3v) is 8.20. The molecular weight excluding hydrogens is 574 g/mol. The summed E-state index contributed by atoms with van der Waals surface area (Å²) in [5, 5.41) is 15.8. The van der Waals surface area contributed by atoms with E-state index in [2.05, 4.69) is 10.6 Å². The summed E-state index contributed by atoms with van der Waals surface area (Å²) in [7, 11) is 0. The van der Waals surface area contributed by atoms with Crippen molar-refractivity contribution in [2.45, 2.75) is 16.6 Å². The van der Waals surface area contributed by atoms with Crippen molar-refractivity contribution in [3.8, 4) is 0 Å². The Morgan fingerprint density at radius 1 is 0.905 bits per heavy atom. The monoisotopic (exact) mass is 597 g/mol. The van der Waals surface area contributed by atoms with Crippen LogP contribution in [0.15, 0.2) is 107 Å². The zero-order valence-electron chi connectivity index (χ0n) is 21.9. The fourth-order valence-electron chi connectivity index (χ4n) is 4.19. The predicted octanol–water partition coefficient (Wildman–Crippen LogP) is 5.28. The lowest BCUT2D eigenvalue weighted by molar-refractivity contribution is -0.121. The lowest BCUT2D eigenvalue weighted by Gasteiger charge is -2.15. The van der Waals surface area contributed by atoms with Crippen molar-refractivity contribution in [1.82, 2.24) is 5.32 Å². The van der Waals surface area contributed by atoms with Crippen LogP contribution < -0.4 is 15.5 Å². The molecule has 2 heterocycles. The number of hydrogen-bond donors (Lipinski definition) is 3. The maximum atomic E-state index is 13.3. The SMILES string of the molecule is O=C(Nc1cccc(S[C@H]2CC(=O)N(c3ccc(C(=O)O)cc3)C2=O)c1)/C(=C\c1cccs1)NC(=O)c1ccccc1. The molecule has 1 aromatic heterocycles. The van der Waals surface area contributed by atoms with Crippen molar-refractivity contribution in [1.29, 1.82) is 0 Å². The van der Waals surface area contributed by atoms with Gasteiger partial charge >= 0.3 is 5.97 Å². The summed E-state index contributed by atoms with van der Waals surface area (Å²) in [6.45, 7) is 0. The number of thiophene rings is 1. The molecule has 0 spiro atoms. The minimum absolute atomic E-state index is 0.0278. The highest BCUT2D eigenvalue weighted by atomic mass is 32.2. The van der Waals surface area contributed by atoms with Crippen LogP contribution in [-0.2, 0) is 14.4 Å². The van der Waals surface area contributed by atoms with E-state index in [4.69, 9.17) is 5.11 Å². The molecule has 1 aliphatic rings. The van der Waals surface area contributed by atoms with E-state index in [9.17, 15) is 24.0 Å². The molecule has 11 heteroatoms. The fraction of sp³-hybridized carbons (Fsp3) is 0.0645.